The van der Waals surface area contributed by atoms with Crippen molar-refractivity contribution in [2.75, 3.05) is 19.6 Å². The van der Waals surface area contributed by atoms with E-state index in [1.54, 1.807) is 25.7 Å². The van der Waals surface area contributed by atoms with Gasteiger partial charge in [-0.25, -0.2) is 21.8 Å². The van der Waals surface area contributed by atoms with Gasteiger partial charge >= 0.3 is 0 Å². The van der Waals surface area contributed by atoms with Gasteiger partial charge in [0.1, 0.15) is 12.3 Å². The Hall–Kier alpha value is -0.720. The number of sulfonamides is 2. The highest BCUT2D eigenvalue weighted by Crippen LogP contribution is 2.47. The molecule has 2 saturated carbocycles. The summed E-state index contributed by atoms with van der Waals surface area (Å²) in [6.45, 7) is 0. The van der Waals surface area contributed by atoms with Gasteiger partial charge in [0.25, 0.3) is 5.03 Å². The Labute approximate surface area is 234 Å². The molecule has 0 saturated heterocycles. The van der Waals surface area contributed by atoms with Crippen LogP contribution < -0.4 is 0 Å². The van der Waals surface area contributed by atoms with Crippen molar-refractivity contribution in [3.8, 4) is 0 Å². The average molecular weight is 692 g/mol. The zero-order valence-electron chi connectivity index (χ0n) is 19.2. The van der Waals surface area contributed by atoms with Crippen LogP contribution in [0.3, 0.4) is 0 Å². The second-order valence-corrected chi connectivity index (χ2v) is 14.3. The number of aromatic nitrogens is 1. The molecule has 8 nitrogen and oxygen atoms in total. The second kappa shape index (κ2) is 13.2. The fourth-order valence-electron chi connectivity index (χ4n) is 2.77. The van der Waals surface area contributed by atoms with Gasteiger partial charge in [-0.1, -0.05) is 11.6 Å². The molecule has 192 valence electrons. The van der Waals surface area contributed by atoms with E-state index in [1.807, 2.05) is 0 Å². The summed E-state index contributed by atoms with van der Waals surface area (Å²) >= 11 is 18.3. The summed E-state index contributed by atoms with van der Waals surface area (Å²) in [5.41, 5.74) is 0.765. The molecule has 14 heteroatoms. The Kier molecular flexibility index (Phi) is 11.5. The molecule has 1 atom stereocenters. The molecule has 3 aliphatic rings. The predicted molar refractivity (Wildman–Crippen MR) is 149 cm³/mol. The lowest BCUT2D eigenvalue weighted by molar-refractivity contribution is 0.344. The fourth-order valence-corrected chi connectivity index (χ4v) is 4.75. The number of halogens is 4. The van der Waals surface area contributed by atoms with Crippen molar-refractivity contribution in [3.05, 3.63) is 49.2 Å². The Morgan fingerprint density at radius 3 is 2.20 bits per heavy atom. The number of pyridine rings is 1. The summed E-state index contributed by atoms with van der Waals surface area (Å²) in [4.78, 5) is 7.85. The van der Waals surface area contributed by atoms with Gasteiger partial charge in [0.05, 0.1) is 44.0 Å². The van der Waals surface area contributed by atoms with Crippen LogP contribution in [0.2, 0.25) is 5.02 Å². The Morgan fingerprint density at radius 2 is 1.77 bits per heavy atom. The fraction of sp³-hybridized carbons (Fsp3) is 0.476. The molecule has 0 amide bonds. The minimum absolute atomic E-state index is 0.225. The standard InChI is InChI=1S/C11H14BrClN2O2S.C5H2BrClN.C5H9NO2S/c1-15(18(2,16)17)11(7-3-4-7)8-5-14-6-9(12)10(8)13;6-4-3-8-2-1-5(4)7;1-9(7,8)6-4-5-2-3-5/h5-7,11H,3-4H2,1-2H3;2-3H;4-5H,2-3H2,1H3/q;+1;. The predicted octanol–water partition coefficient (Wildman–Crippen LogP) is 5.50. The normalized spacial score (nSPS) is 18.5. The Bertz CT molecular complexity index is 1220. The monoisotopic (exact) mass is 689 g/mol. The van der Waals surface area contributed by atoms with E-state index in [4.69, 9.17) is 23.2 Å². The largest absolute Gasteiger partial charge is 0.280 e. The first-order valence-corrected chi connectivity index (χ1v) is 16.4. The zero-order valence-corrected chi connectivity index (χ0v) is 25.5. The first-order chi connectivity index (χ1) is 16.2. The van der Waals surface area contributed by atoms with Crippen LogP contribution in [-0.4, -0.2) is 58.1 Å². The van der Waals surface area contributed by atoms with Crippen molar-refractivity contribution in [2.24, 2.45) is 21.2 Å². The van der Waals surface area contributed by atoms with Crippen LogP contribution in [0.5, 0.6) is 0 Å². The summed E-state index contributed by atoms with van der Waals surface area (Å²) in [6.07, 6.45) is 17.2. The van der Waals surface area contributed by atoms with Gasteiger partial charge in [0.2, 0.25) is 20.0 Å². The van der Waals surface area contributed by atoms with Crippen LogP contribution in [0, 0.1) is 17.9 Å². The summed E-state index contributed by atoms with van der Waals surface area (Å²) in [7, 11) is -4.77. The lowest BCUT2D eigenvalue weighted by Crippen LogP contribution is -2.31. The van der Waals surface area contributed by atoms with E-state index in [1.165, 1.54) is 23.0 Å². The molecule has 0 aromatic carbocycles. The molecule has 2 aliphatic carbocycles. The van der Waals surface area contributed by atoms with E-state index in [-0.39, 0.29) is 6.04 Å². The highest BCUT2D eigenvalue weighted by Gasteiger charge is 2.39. The van der Waals surface area contributed by atoms with Crippen LogP contribution in [0.15, 0.2) is 42.0 Å². The number of aliphatic imine (C=N–C) groups is 1. The molecule has 1 unspecified atom stereocenters. The molecule has 4 rings (SSSR count). The van der Waals surface area contributed by atoms with Gasteiger partial charge in [0, 0.05) is 31.2 Å². The van der Waals surface area contributed by atoms with E-state index in [0.717, 1.165) is 42.0 Å². The highest BCUT2D eigenvalue weighted by atomic mass is 79.9. The Morgan fingerprint density at radius 1 is 1.14 bits per heavy atom. The van der Waals surface area contributed by atoms with Crippen LogP contribution in [-0.2, 0) is 20.0 Å². The summed E-state index contributed by atoms with van der Waals surface area (Å²) in [5, 5.41) is 1.11. The average Bonchev–Trinajstić information content (AvgIpc) is 3.66. The molecule has 0 bridgehead atoms. The van der Waals surface area contributed by atoms with E-state index >= 15 is 0 Å². The topological polar surface area (TPSA) is 109 Å². The first-order valence-electron chi connectivity index (χ1n) is 10.3. The zero-order chi connectivity index (χ0) is 26.4. The first kappa shape index (κ1) is 30.5. The highest BCUT2D eigenvalue weighted by molar-refractivity contribution is 9.12. The Balaban J connectivity index is 0.000000211. The molecule has 1 aromatic rings. The van der Waals surface area contributed by atoms with Gasteiger partial charge in [-0.2, -0.15) is 8.70 Å². The van der Waals surface area contributed by atoms with Gasteiger partial charge in [-0.3, -0.25) is 4.98 Å². The number of hydrogen-bond acceptors (Lipinski definition) is 6. The number of nitrogens with zero attached hydrogens (tertiary/aromatic N) is 4. The lowest BCUT2D eigenvalue weighted by atomic mass is 10.0. The smallest absolute Gasteiger partial charge is 0.263 e. The van der Waals surface area contributed by atoms with Crippen LogP contribution in [0.4, 0.5) is 0 Å². The SMILES string of the molecule is CN(C(c1cncc(Br)c1Cl)C1CC1)S(C)(=O)=O.CS(=O)(=O)N=CC1CC1.ClC1=C(Br)C=NC=[C+]1. The van der Waals surface area contributed by atoms with E-state index in [2.05, 4.69) is 52.3 Å². The summed E-state index contributed by atoms with van der Waals surface area (Å²) < 4.78 is 50.4. The van der Waals surface area contributed by atoms with Crippen molar-refractivity contribution in [3.63, 3.8) is 0 Å². The van der Waals surface area contributed by atoms with Gasteiger partial charge < -0.3 is 0 Å². The molecular weight excluding hydrogens is 667 g/mol. The van der Waals surface area contributed by atoms with Gasteiger partial charge in [-0.15, -0.1) is 0 Å². The third-order valence-corrected chi connectivity index (χ3v) is 9.09. The quantitative estimate of drug-likeness (QED) is 0.289. The van der Waals surface area contributed by atoms with Crippen molar-refractivity contribution < 1.29 is 16.8 Å². The molecule has 1 aliphatic heterocycles. The minimum Gasteiger partial charge on any atom is -0.263 e. The molecule has 2 heterocycles. The van der Waals surface area contributed by atoms with Crippen molar-refractivity contribution in [2.45, 2.75) is 31.7 Å². The maximum Gasteiger partial charge on any atom is 0.280 e. The van der Waals surface area contributed by atoms with Crippen LogP contribution >= 0.6 is 55.1 Å². The van der Waals surface area contributed by atoms with Crippen LogP contribution in [0.1, 0.15) is 37.3 Å². The van der Waals surface area contributed by atoms with Gasteiger partial charge in [0.15, 0.2) is 10.7 Å². The molecule has 2 fully saturated rings. The lowest BCUT2D eigenvalue weighted by Gasteiger charge is -2.27. The third-order valence-electron chi connectivity index (χ3n) is 4.92. The van der Waals surface area contributed by atoms with Gasteiger partial charge in [-0.05, 0) is 65.0 Å². The van der Waals surface area contributed by atoms with E-state index in [9.17, 15) is 16.8 Å². The molecule has 35 heavy (non-hydrogen) atoms. The number of hydrogen-bond donors (Lipinski definition) is 0. The number of allylic oxidation sites excluding steroid dienone is 3. The van der Waals surface area contributed by atoms with E-state index < -0.39 is 20.0 Å². The summed E-state index contributed by atoms with van der Waals surface area (Å²) in [6, 6.07) is -0.225. The van der Waals surface area contributed by atoms with Crippen LogP contribution in [0.25, 0.3) is 0 Å². The molecule has 0 N–H and O–H groups in total. The third kappa shape index (κ3) is 11.1. The summed E-state index contributed by atoms with van der Waals surface area (Å²) in [5.74, 6) is 0.776. The second-order valence-electron chi connectivity index (χ2n) is 8.12. The molecule has 0 spiro atoms. The maximum absolute atomic E-state index is 11.7. The molecular formula is C21H25Br2Cl2N4O4S2+. The van der Waals surface area contributed by atoms with Crippen molar-refractivity contribution in [1.29, 1.82) is 0 Å². The van der Waals surface area contributed by atoms with Crippen molar-refractivity contribution in [1.82, 2.24) is 9.29 Å². The minimum atomic E-state index is -3.25. The maximum atomic E-state index is 11.7. The molecule has 1 aromatic heterocycles. The molecule has 0 radical (unpaired) electrons. The van der Waals surface area contributed by atoms with E-state index in [0.29, 0.717) is 26.4 Å². The number of rotatable bonds is 6. The van der Waals surface area contributed by atoms with Crippen molar-refractivity contribution >= 4 is 87.5 Å².